The molecule has 3 aromatic carbocycles. The highest BCUT2D eigenvalue weighted by molar-refractivity contribution is 8.00. The Balaban J connectivity index is 1.84. The third-order valence-corrected chi connectivity index (χ3v) is 5.77. The largest absolute Gasteiger partial charge is 0.478 e. The van der Waals surface area contributed by atoms with Crippen molar-refractivity contribution in [2.24, 2.45) is 5.73 Å². The standard InChI is InChI=1S/C25H21N3O5S/c26-24(32)19-11-4-5-12-20(19)28-25(33)23(16-7-2-1-3-8-16)34-18-10-6-9-17(15-18)27-21(29)13-14-22(30)31/h1-15,23H,(H2,26,32)(H,27,29)(H,28,33)(H,30,31)/b14-13+. The van der Waals surface area contributed by atoms with E-state index in [1.807, 2.05) is 30.3 Å². The van der Waals surface area contributed by atoms with Gasteiger partial charge in [0.2, 0.25) is 11.8 Å². The van der Waals surface area contributed by atoms with Gasteiger partial charge in [0.05, 0.1) is 11.3 Å². The molecule has 34 heavy (non-hydrogen) atoms. The molecule has 0 radical (unpaired) electrons. The number of hydrogen-bond acceptors (Lipinski definition) is 5. The Morgan fingerprint density at radius 2 is 1.56 bits per heavy atom. The fraction of sp³-hybridized carbons (Fsp3) is 0.0400. The number of carboxylic acid groups (broad SMARTS) is 1. The molecule has 0 aliphatic rings. The summed E-state index contributed by atoms with van der Waals surface area (Å²) in [5.74, 6) is -2.83. The second-order valence-corrected chi connectivity index (χ2v) is 8.17. The minimum Gasteiger partial charge on any atom is -0.478 e. The van der Waals surface area contributed by atoms with Crippen molar-refractivity contribution < 1.29 is 24.3 Å². The quantitative estimate of drug-likeness (QED) is 0.274. The summed E-state index contributed by atoms with van der Waals surface area (Å²) in [6.07, 6.45) is 1.66. The Hall–Kier alpha value is -4.37. The van der Waals surface area contributed by atoms with Gasteiger partial charge >= 0.3 is 5.97 Å². The molecule has 0 heterocycles. The van der Waals surface area contributed by atoms with Crippen molar-refractivity contribution in [3.63, 3.8) is 0 Å². The van der Waals surface area contributed by atoms with E-state index < -0.39 is 23.0 Å². The van der Waals surface area contributed by atoms with Crippen LogP contribution >= 0.6 is 11.8 Å². The molecule has 0 fully saturated rings. The second kappa shape index (κ2) is 11.5. The monoisotopic (exact) mass is 475 g/mol. The number of para-hydroxylation sites is 1. The van der Waals surface area contributed by atoms with E-state index in [1.165, 1.54) is 17.8 Å². The molecular weight excluding hydrogens is 454 g/mol. The van der Waals surface area contributed by atoms with Crippen molar-refractivity contribution >= 4 is 46.8 Å². The van der Waals surface area contributed by atoms with Crippen LogP contribution in [0.1, 0.15) is 21.2 Å². The van der Waals surface area contributed by atoms with Crippen LogP contribution in [0, 0.1) is 0 Å². The van der Waals surface area contributed by atoms with E-state index in [-0.39, 0.29) is 11.5 Å². The van der Waals surface area contributed by atoms with E-state index >= 15 is 0 Å². The first-order valence-corrected chi connectivity index (χ1v) is 10.9. The van der Waals surface area contributed by atoms with Crippen molar-refractivity contribution in [3.05, 3.63) is 102 Å². The minimum atomic E-state index is -1.23. The Morgan fingerprint density at radius 1 is 0.853 bits per heavy atom. The molecule has 0 aliphatic carbocycles. The average Bonchev–Trinajstić information content (AvgIpc) is 2.82. The number of anilines is 2. The normalized spacial score (nSPS) is 11.5. The van der Waals surface area contributed by atoms with Gasteiger partial charge in [-0.15, -0.1) is 11.8 Å². The molecular formula is C25H21N3O5S. The molecule has 172 valence electrons. The molecule has 1 atom stereocenters. The van der Waals surface area contributed by atoms with Gasteiger partial charge in [-0.05, 0) is 35.9 Å². The van der Waals surface area contributed by atoms with Crippen LogP contribution < -0.4 is 16.4 Å². The maximum Gasteiger partial charge on any atom is 0.328 e. The molecule has 3 aromatic rings. The highest BCUT2D eigenvalue weighted by Gasteiger charge is 2.23. The number of carbonyl (C=O) groups is 4. The van der Waals surface area contributed by atoms with E-state index in [0.29, 0.717) is 16.3 Å². The lowest BCUT2D eigenvalue weighted by molar-refractivity contribution is -0.131. The third kappa shape index (κ3) is 6.81. The third-order valence-electron chi connectivity index (χ3n) is 4.52. The van der Waals surface area contributed by atoms with Crippen molar-refractivity contribution in [2.75, 3.05) is 10.6 Å². The van der Waals surface area contributed by atoms with Gasteiger partial charge < -0.3 is 21.5 Å². The highest BCUT2D eigenvalue weighted by atomic mass is 32.2. The van der Waals surface area contributed by atoms with Gasteiger partial charge in [-0.1, -0.05) is 48.5 Å². The number of thioether (sulfide) groups is 1. The molecule has 1 unspecified atom stereocenters. The Bertz CT molecular complexity index is 1240. The molecule has 8 nitrogen and oxygen atoms in total. The Labute approximate surface area is 199 Å². The molecule has 0 aromatic heterocycles. The lowest BCUT2D eigenvalue weighted by atomic mass is 10.1. The summed E-state index contributed by atoms with van der Waals surface area (Å²) in [4.78, 5) is 48.2. The number of primary amides is 1. The number of carbonyl (C=O) groups excluding carboxylic acids is 3. The second-order valence-electron chi connectivity index (χ2n) is 7.00. The summed E-state index contributed by atoms with van der Waals surface area (Å²) in [7, 11) is 0. The smallest absolute Gasteiger partial charge is 0.328 e. The van der Waals surface area contributed by atoms with Gasteiger partial charge in [0.1, 0.15) is 5.25 Å². The molecule has 3 rings (SSSR count). The van der Waals surface area contributed by atoms with E-state index in [1.54, 1.807) is 42.5 Å². The fourth-order valence-corrected chi connectivity index (χ4v) is 4.10. The zero-order valence-corrected chi connectivity index (χ0v) is 18.6. The first kappa shape index (κ1) is 24.3. The summed E-state index contributed by atoms with van der Waals surface area (Å²) in [6, 6.07) is 22.4. The molecule has 5 N–H and O–H groups in total. The minimum absolute atomic E-state index is 0.201. The zero-order valence-electron chi connectivity index (χ0n) is 17.8. The van der Waals surface area contributed by atoms with Gasteiger partial charge in [-0.25, -0.2) is 4.79 Å². The molecule has 9 heteroatoms. The topological polar surface area (TPSA) is 139 Å². The molecule has 0 aliphatic heterocycles. The predicted molar refractivity (Wildman–Crippen MR) is 130 cm³/mol. The summed E-state index contributed by atoms with van der Waals surface area (Å²) >= 11 is 1.25. The van der Waals surface area contributed by atoms with Crippen LogP contribution in [-0.2, 0) is 14.4 Å². The SMILES string of the molecule is NC(=O)c1ccccc1NC(=O)C(Sc1cccc(NC(=O)/C=C/C(=O)O)c1)c1ccccc1. The van der Waals surface area contributed by atoms with Crippen LogP contribution in [0.3, 0.4) is 0 Å². The summed E-state index contributed by atoms with van der Waals surface area (Å²) in [5, 5.41) is 13.3. The zero-order chi connectivity index (χ0) is 24.5. The molecule has 0 spiro atoms. The van der Waals surface area contributed by atoms with Crippen molar-refractivity contribution in [2.45, 2.75) is 10.1 Å². The molecule has 0 saturated carbocycles. The van der Waals surface area contributed by atoms with Gasteiger partial charge in [-0.2, -0.15) is 0 Å². The molecule has 0 saturated heterocycles. The van der Waals surface area contributed by atoms with Crippen LogP contribution in [-0.4, -0.2) is 28.8 Å². The maximum absolute atomic E-state index is 13.3. The van der Waals surface area contributed by atoms with Crippen molar-refractivity contribution in [1.82, 2.24) is 0 Å². The number of carboxylic acids is 1. The van der Waals surface area contributed by atoms with Crippen LogP contribution in [0.2, 0.25) is 0 Å². The summed E-state index contributed by atoms with van der Waals surface area (Å²) in [6.45, 7) is 0. The number of rotatable bonds is 9. The number of benzene rings is 3. The highest BCUT2D eigenvalue weighted by Crippen LogP contribution is 2.37. The molecule has 0 bridgehead atoms. The lowest BCUT2D eigenvalue weighted by Crippen LogP contribution is -2.22. The number of amides is 3. The van der Waals surface area contributed by atoms with Gasteiger partial charge in [-0.3, -0.25) is 14.4 Å². The molecule has 3 amide bonds. The number of nitrogens with one attached hydrogen (secondary N) is 2. The number of hydrogen-bond donors (Lipinski definition) is 4. The number of nitrogens with two attached hydrogens (primary N) is 1. The summed E-state index contributed by atoms with van der Waals surface area (Å²) in [5.41, 5.74) is 7.12. The van der Waals surface area contributed by atoms with Gasteiger partial charge in [0.25, 0.3) is 5.91 Å². The average molecular weight is 476 g/mol. The Kier molecular flexibility index (Phi) is 8.20. The predicted octanol–water partition coefficient (Wildman–Crippen LogP) is 3.84. The maximum atomic E-state index is 13.3. The van der Waals surface area contributed by atoms with Crippen molar-refractivity contribution in [1.29, 1.82) is 0 Å². The first-order valence-electron chi connectivity index (χ1n) is 10.1. The Morgan fingerprint density at radius 3 is 2.26 bits per heavy atom. The van der Waals surface area contributed by atoms with Crippen LogP contribution in [0.15, 0.2) is 95.9 Å². The van der Waals surface area contributed by atoms with E-state index in [2.05, 4.69) is 10.6 Å². The fourth-order valence-electron chi connectivity index (χ4n) is 3.02. The van der Waals surface area contributed by atoms with Gasteiger partial charge in [0.15, 0.2) is 0 Å². The number of aliphatic carboxylic acids is 1. The van der Waals surface area contributed by atoms with Crippen LogP contribution in [0.4, 0.5) is 11.4 Å². The lowest BCUT2D eigenvalue weighted by Gasteiger charge is -2.18. The summed E-state index contributed by atoms with van der Waals surface area (Å²) < 4.78 is 0. The van der Waals surface area contributed by atoms with Crippen LogP contribution in [0.25, 0.3) is 0 Å². The van der Waals surface area contributed by atoms with E-state index in [9.17, 15) is 19.2 Å². The van der Waals surface area contributed by atoms with E-state index in [0.717, 1.165) is 17.7 Å². The van der Waals surface area contributed by atoms with Crippen LogP contribution in [0.5, 0.6) is 0 Å². The van der Waals surface area contributed by atoms with Gasteiger partial charge in [0, 0.05) is 22.7 Å². The van der Waals surface area contributed by atoms with Crippen molar-refractivity contribution in [3.8, 4) is 0 Å². The van der Waals surface area contributed by atoms with E-state index in [4.69, 9.17) is 10.8 Å². The first-order chi connectivity index (χ1) is 16.3.